The van der Waals surface area contributed by atoms with Gasteiger partial charge in [0.15, 0.2) is 5.82 Å². The average molecular weight is 461 g/mol. The number of aliphatic hydroxyl groups excluding tert-OH is 1. The molecule has 0 amide bonds. The fourth-order valence-corrected chi connectivity index (χ4v) is 3.80. The maximum Gasteiger partial charge on any atom is 0.324 e. The second-order valence-electron chi connectivity index (χ2n) is 6.66. The van der Waals surface area contributed by atoms with E-state index in [9.17, 15) is 23.1 Å². The summed E-state index contributed by atoms with van der Waals surface area (Å²) in [6.45, 7) is 1.09. The zero-order valence-electron chi connectivity index (χ0n) is 16.3. The van der Waals surface area contributed by atoms with E-state index in [1.165, 1.54) is 6.33 Å². The van der Waals surface area contributed by atoms with Crippen LogP contribution in [0.1, 0.15) is 49.3 Å². The van der Waals surface area contributed by atoms with Crippen molar-refractivity contribution in [3.8, 4) is 0 Å². The van der Waals surface area contributed by atoms with Gasteiger partial charge in [-0.25, -0.2) is 4.98 Å². The van der Waals surface area contributed by atoms with Gasteiger partial charge in [0.2, 0.25) is 5.89 Å². The summed E-state index contributed by atoms with van der Waals surface area (Å²) in [6.07, 6.45) is 1.02. The first kappa shape index (κ1) is 24.4. The first-order valence-corrected chi connectivity index (χ1v) is 10.5. The van der Waals surface area contributed by atoms with E-state index in [4.69, 9.17) is 20.5 Å². The number of nitrogens with one attached hydrogen (secondary N) is 3. The number of hydrogen-bond donors (Lipinski definition) is 7. The standard InChI is InChI=1S/C15H23N7O8S/c1-7(23)12(15(26)27)22-31(28,29)21-10(2-3-11(24)25)14-19-13(20-30-14)9(16)4-8-5-17-6-18-8/h5-7,9-10,12,21-23H,2-4,16H2,1H3,(H,17,18)(H,24,25)(H,26,27)/t7?,9-,10-,12?/m0/s1. The van der Waals surface area contributed by atoms with Crippen LogP contribution in [0.3, 0.4) is 0 Å². The maximum atomic E-state index is 12.4. The smallest absolute Gasteiger partial charge is 0.324 e. The van der Waals surface area contributed by atoms with Crippen molar-refractivity contribution in [2.24, 2.45) is 5.73 Å². The van der Waals surface area contributed by atoms with Crippen molar-refractivity contribution >= 4 is 22.1 Å². The maximum absolute atomic E-state index is 12.4. The Hall–Kier alpha value is -2.92. The van der Waals surface area contributed by atoms with Crippen LogP contribution < -0.4 is 15.2 Å². The third-order valence-corrected chi connectivity index (χ3v) is 5.22. The minimum absolute atomic E-state index is 0.0458. The van der Waals surface area contributed by atoms with Crippen LogP contribution in [0.4, 0.5) is 0 Å². The number of H-pyrrole nitrogens is 1. The molecule has 0 aromatic carbocycles. The molecule has 15 nitrogen and oxygen atoms in total. The zero-order chi connectivity index (χ0) is 23.2. The normalized spacial score (nSPS) is 15.8. The van der Waals surface area contributed by atoms with Gasteiger partial charge in [0.25, 0.3) is 10.2 Å². The summed E-state index contributed by atoms with van der Waals surface area (Å²) in [4.78, 5) is 32.9. The van der Waals surface area contributed by atoms with E-state index in [2.05, 4.69) is 24.8 Å². The molecule has 8 N–H and O–H groups in total. The third kappa shape index (κ3) is 7.37. The fraction of sp³-hybridized carbons (Fsp3) is 0.533. The number of aliphatic carboxylic acids is 2. The van der Waals surface area contributed by atoms with Gasteiger partial charge in [0.1, 0.15) is 12.1 Å². The average Bonchev–Trinajstić information content (AvgIpc) is 3.34. The molecule has 0 spiro atoms. The van der Waals surface area contributed by atoms with Crippen molar-refractivity contribution in [1.29, 1.82) is 0 Å². The first-order valence-electron chi connectivity index (χ1n) is 8.97. The number of carboxylic acid groups (broad SMARTS) is 2. The minimum Gasteiger partial charge on any atom is -0.481 e. The van der Waals surface area contributed by atoms with Crippen molar-refractivity contribution in [1.82, 2.24) is 29.6 Å². The van der Waals surface area contributed by atoms with Crippen molar-refractivity contribution in [3.63, 3.8) is 0 Å². The Balaban J connectivity index is 2.19. The van der Waals surface area contributed by atoms with E-state index < -0.39 is 52.8 Å². The van der Waals surface area contributed by atoms with E-state index in [1.54, 1.807) is 10.9 Å². The Morgan fingerprint density at radius 1 is 1.32 bits per heavy atom. The Morgan fingerprint density at radius 2 is 2.03 bits per heavy atom. The van der Waals surface area contributed by atoms with Gasteiger partial charge in [-0.1, -0.05) is 5.16 Å². The van der Waals surface area contributed by atoms with Crippen molar-refractivity contribution in [3.05, 3.63) is 29.9 Å². The van der Waals surface area contributed by atoms with Gasteiger partial charge < -0.3 is 30.6 Å². The second-order valence-corrected chi connectivity index (χ2v) is 8.14. The zero-order valence-corrected chi connectivity index (χ0v) is 17.1. The molecule has 0 saturated carbocycles. The molecule has 31 heavy (non-hydrogen) atoms. The van der Waals surface area contributed by atoms with Gasteiger partial charge in [-0.05, 0) is 13.3 Å². The van der Waals surface area contributed by atoms with Crippen LogP contribution in [0.5, 0.6) is 0 Å². The Bertz CT molecular complexity index is 975. The number of hydrogen-bond acceptors (Lipinski definition) is 10. The molecular weight excluding hydrogens is 438 g/mol. The Kier molecular flexibility index (Phi) is 8.17. The summed E-state index contributed by atoms with van der Waals surface area (Å²) in [5, 5.41) is 31.2. The van der Waals surface area contributed by atoms with Crippen LogP contribution in [0.25, 0.3) is 0 Å². The van der Waals surface area contributed by atoms with E-state index in [0.717, 1.165) is 6.92 Å². The van der Waals surface area contributed by atoms with Crippen LogP contribution in [0.15, 0.2) is 17.0 Å². The molecule has 0 saturated heterocycles. The lowest BCUT2D eigenvalue weighted by Gasteiger charge is -2.20. The predicted molar refractivity (Wildman–Crippen MR) is 101 cm³/mol. The lowest BCUT2D eigenvalue weighted by Crippen LogP contribution is -2.52. The number of rotatable bonds is 13. The molecule has 0 aliphatic rings. The summed E-state index contributed by atoms with van der Waals surface area (Å²) in [5.74, 6) is -3.03. The van der Waals surface area contributed by atoms with Crippen molar-refractivity contribution < 1.29 is 37.8 Å². The number of imidazole rings is 1. The van der Waals surface area contributed by atoms with Gasteiger partial charge in [-0.15, -0.1) is 0 Å². The Labute approximate surface area is 176 Å². The lowest BCUT2D eigenvalue weighted by molar-refractivity contribution is -0.141. The molecule has 172 valence electrons. The molecule has 0 aliphatic carbocycles. The highest BCUT2D eigenvalue weighted by atomic mass is 32.2. The van der Waals surface area contributed by atoms with Crippen LogP contribution >= 0.6 is 0 Å². The number of carboxylic acids is 2. The van der Waals surface area contributed by atoms with Gasteiger partial charge in [0, 0.05) is 24.7 Å². The van der Waals surface area contributed by atoms with Gasteiger partial charge >= 0.3 is 11.9 Å². The molecule has 2 aromatic rings. The number of aliphatic hydroxyl groups is 1. The van der Waals surface area contributed by atoms with Crippen molar-refractivity contribution in [2.45, 2.75) is 50.4 Å². The quantitative estimate of drug-likeness (QED) is 0.174. The van der Waals surface area contributed by atoms with E-state index in [1.807, 2.05) is 0 Å². The van der Waals surface area contributed by atoms with Crippen molar-refractivity contribution in [2.75, 3.05) is 0 Å². The SMILES string of the molecule is CC(O)C(NS(=O)(=O)N[C@@H](CCC(=O)O)c1nc([C@@H](N)Cc2cnc[nH]2)no1)C(=O)O. The highest BCUT2D eigenvalue weighted by Crippen LogP contribution is 2.20. The predicted octanol–water partition coefficient (Wildman–Crippen LogP) is -1.80. The summed E-state index contributed by atoms with van der Waals surface area (Å²) >= 11 is 0. The number of aromatic amines is 1. The van der Waals surface area contributed by atoms with E-state index in [0.29, 0.717) is 5.69 Å². The second kappa shape index (κ2) is 10.4. The summed E-state index contributed by atoms with van der Waals surface area (Å²) in [5.41, 5.74) is 6.71. The Morgan fingerprint density at radius 3 is 2.58 bits per heavy atom. The number of nitrogens with two attached hydrogens (primary N) is 1. The van der Waals surface area contributed by atoms with Crippen LogP contribution in [-0.4, -0.2) is 67.9 Å². The molecule has 2 heterocycles. The topological polar surface area (TPSA) is 247 Å². The van der Waals surface area contributed by atoms with E-state index in [-0.39, 0.29) is 24.6 Å². The highest BCUT2D eigenvalue weighted by Gasteiger charge is 2.32. The fourth-order valence-electron chi connectivity index (χ4n) is 2.51. The molecule has 0 fully saturated rings. The van der Waals surface area contributed by atoms with Gasteiger partial charge in [-0.3, -0.25) is 9.59 Å². The third-order valence-electron chi connectivity index (χ3n) is 4.06. The van der Waals surface area contributed by atoms with Crippen LogP contribution in [0.2, 0.25) is 0 Å². The first-order chi connectivity index (χ1) is 14.5. The largest absolute Gasteiger partial charge is 0.481 e. The summed E-state index contributed by atoms with van der Waals surface area (Å²) in [7, 11) is -4.52. The number of carbonyl (C=O) groups is 2. The minimum atomic E-state index is -4.52. The van der Waals surface area contributed by atoms with E-state index >= 15 is 0 Å². The summed E-state index contributed by atoms with van der Waals surface area (Å²) < 4.78 is 33.6. The molecule has 0 radical (unpaired) electrons. The molecule has 2 aromatic heterocycles. The lowest BCUT2D eigenvalue weighted by atomic mass is 10.1. The molecule has 2 unspecified atom stereocenters. The molecule has 4 atom stereocenters. The number of aromatic nitrogens is 4. The van der Waals surface area contributed by atoms with Gasteiger partial charge in [-0.2, -0.15) is 22.8 Å². The monoisotopic (exact) mass is 461 g/mol. The highest BCUT2D eigenvalue weighted by molar-refractivity contribution is 7.87. The molecule has 16 heteroatoms. The van der Waals surface area contributed by atoms with Crippen LogP contribution in [0, 0.1) is 0 Å². The molecule has 0 bridgehead atoms. The van der Waals surface area contributed by atoms with Gasteiger partial charge in [0.05, 0.1) is 18.5 Å². The molecule has 2 rings (SSSR count). The number of nitrogens with zero attached hydrogens (tertiary/aromatic N) is 3. The molecular formula is C15H23N7O8S. The summed E-state index contributed by atoms with van der Waals surface area (Å²) in [6, 6.07) is -3.85. The van der Waals surface area contributed by atoms with Crippen LogP contribution in [-0.2, 0) is 26.2 Å². The molecule has 0 aliphatic heterocycles.